The van der Waals surface area contributed by atoms with Gasteiger partial charge in [-0.25, -0.2) is 9.59 Å². The quantitative estimate of drug-likeness (QED) is 0.496. The summed E-state index contributed by atoms with van der Waals surface area (Å²) < 4.78 is 0. The van der Waals surface area contributed by atoms with Gasteiger partial charge in [-0.15, -0.1) is 0 Å². The molecule has 110 valence electrons. The van der Waals surface area contributed by atoms with Crippen LogP contribution in [0, 0.1) is 0 Å². The van der Waals surface area contributed by atoms with Crippen molar-refractivity contribution in [3.63, 3.8) is 0 Å². The van der Waals surface area contributed by atoms with Crippen LogP contribution in [0.2, 0.25) is 0 Å². The highest BCUT2D eigenvalue weighted by Crippen LogP contribution is 2.14. The molecule has 2 amide bonds. The van der Waals surface area contributed by atoms with Crippen LogP contribution in [-0.4, -0.2) is 41.9 Å². The van der Waals surface area contributed by atoms with Gasteiger partial charge in [-0.2, -0.15) is 0 Å². The molecule has 0 bridgehead atoms. The summed E-state index contributed by atoms with van der Waals surface area (Å²) in [5.41, 5.74) is 1.49. The van der Waals surface area contributed by atoms with E-state index < -0.39 is 18.0 Å². The number of aliphatic hydroxyl groups is 1. The minimum absolute atomic E-state index is 0.0408. The molecule has 1 rings (SSSR count). The zero-order chi connectivity index (χ0) is 15.0. The van der Waals surface area contributed by atoms with Crippen LogP contribution >= 0.6 is 0 Å². The smallest absolute Gasteiger partial charge is 0.326 e. The molecule has 0 radical (unpaired) electrons. The van der Waals surface area contributed by atoms with Crippen molar-refractivity contribution in [2.24, 2.45) is 0 Å². The lowest BCUT2D eigenvalue weighted by atomic mass is 10.2. The fourth-order valence-electron chi connectivity index (χ4n) is 1.69. The topological polar surface area (TPSA) is 111 Å². The van der Waals surface area contributed by atoms with Crippen molar-refractivity contribution in [2.75, 3.05) is 19.0 Å². The maximum Gasteiger partial charge on any atom is 0.326 e. The number of anilines is 1. The molecule has 0 fully saturated rings. The van der Waals surface area contributed by atoms with Crippen molar-refractivity contribution in [2.45, 2.75) is 19.0 Å². The molecule has 0 aliphatic heterocycles. The van der Waals surface area contributed by atoms with Crippen LogP contribution < -0.4 is 16.0 Å². The second-order valence-electron chi connectivity index (χ2n) is 4.19. The number of para-hydroxylation sites is 1. The number of aliphatic hydroxyl groups excluding tert-OH is 1. The molecule has 0 saturated carbocycles. The average Bonchev–Trinajstić information content (AvgIpc) is 2.40. The molecule has 0 saturated heterocycles. The molecule has 1 aromatic carbocycles. The number of amides is 2. The van der Waals surface area contributed by atoms with Crippen molar-refractivity contribution >= 4 is 17.7 Å². The van der Waals surface area contributed by atoms with E-state index >= 15 is 0 Å². The molecular formula is C13H19N3O4. The Morgan fingerprint density at radius 3 is 2.60 bits per heavy atom. The number of carboxylic acids is 1. The van der Waals surface area contributed by atoms with Crippen LogP contribution in [0.1, 0.15) is 12.0 Å². The molecule has 0 aliphatic carbocycles. The highest BCUT2D eigenvalue weighted by molar-refractivity contribution is 5.92. The van der Waals surface area contributed by atoms with Gasteiger partial charge in [0.05, 0.1) is 0 Å². The molecule has 0 unspecified atom stereocenters. The molecular weight excluding hydrogens is 262 g/mol. The van der Waals surface area contributed by atoms with Gasteiger partial charge in [0.15, 0.2) is 0 Å². The Bertz CT molecular complexity index is 465. The van der Waals surface area contributed by atoms with E-state index in [0.717, 1.165) is 5.56 Å². The average molecular weight is 281 g/mol. The maximum absolute atomic E-state index is 11.8. The highest BCUT2D eigenvalue weighted by atomic mass is 16.4. The van der Waals surface area contributed by atoms with Crippen LogP contribution in [0.3, 0.4) is 0 Å². The Labute approximate surface area is 117 Å². The van der Waals surface area contributed by atoms with Crippen molar-refractivity contribution < 1.29 is 19.8 Å². The Morgan fingerprint density at radius 2 is 2.00 bits per heavy atom. The normalized spacial score (nSPS) is 11.7. The Hall–Kier alpha value is -2.12. The van der Waals surface area contributed by atoms with Crippen LogP contribution in [0.5, 0.6) is 0 Å². The van der Waals surface area contributed by atoms with Crippen LogP contribution in [0.4, 0.5) is 10.5 Å². The summed E-state index contributed by atoms with van der Waals surface area (Å²) in [7, 11) is 1.79. The lowest BCUT2D eigenvalue weighted by Gasteiger charge is -2.15. The number of nitrogens with one attached hydrogen (secondary N) is 3. The highest BCUT2D eigenvalue weighted by Gasteiger charge is 2.19. The van der Waals surface area contributed by atoms with Gasteiger partial charge in [0.2, 0.25) is 0 Å². The molecule has 1 aromatic rings. The molecule has 7 heteroatoms. The van der Waals surface area contributed by atoms with E-state index in [-0.39, 0.29) is 13.0 Å². The van der Waals surface area contributed by atoms with E-state index in [1.54, 1.807) is 19.2 Å². The van der Waals surface area contributed by atoms with Crippen LogP contribution in [0.15, 0.2) is 24.3 Å². The van der Waals surface area contributed by atoms with Gasteiger partial charge in [0.1, 0.15) is 6.04 Å². The molecule has 0 aliphatic rings. The Balaban J connectivity index is 2.68. The zero-order valence-electron chi connectivity index (χ0n) is 11.2. The SMILES string of the molecule is CNCc1ccccc1NC(=O)N[C@H](CCO)C(=O)O. The predicted molar refractivity (Wildman–Crippen MR) is 74.5 cm³/mol. The second kappa shape index (κ2) is 8.13. The van der Waals surface area contributed by atoms with Gasteiger partial charge >= 0.3 is 12.0 Å². The van der Waals surface area contributed by atoms with E-state index in [1.165, 1.54) is 0 Å². The minimum Gasteiger partial charge on any atom is -0.480 e. The molecule has 1 atom stereocenters. The number of aliphatic carboxylic acids is 1. The fraction of sp³-hybridized carbons (Fsp3) is 0.385. The number of benzene rings is 1. The van der Waals surface area contributed by atoms with Crippen molar-refractivity contribution in [1.82, 2.24) is 10.6 Å². The first-order valence-corrected chi connectivity index (χ1v) is 6.22. The first-order valence-electron chi connectivity index (χ1n) is 6.22. The van der Waals surface area contributed by atoms with Crippen molar-refractivity contribution in [3.05, 3.63) is 29.8 Å². The third-order valence-electron chi connectivity index (χ3n) is 2.65. The first kappa shape index (κ1) is 15.9. The summed E-state index contributed by atoms with van der Waals surface area (Å²) in [6.45, 7) is 0.267. The van der Waals surface area contributed by atoms with Gasteiger partial charge in [0.25, 0.3) is 0 Å². The van der Waals surface area contributed by atoms with Gasteiger partial charge < -0.3 is 26.2 Å². The van der Waals surface area contributed by atoms with E-state index in [2.05, 4.69) is 16.0 Å². The summed E-state index contributed by atoms with van der Waals surface area (Å²) in [6.07, 6.45) is -0.0408. The Morgan fingerprint density at radius 1 is 1.30 bits per heavy atom. The number of carboxylic acid groups (broad SMARTS) is 1. The number of carbonyl (C=O) groups excluding carboxylic acids is 1. The number of urea groups is 1. The third kappa shape index (κ3) is 4.87. The molecule has 0 heterocycles. The minimum atomic E-state index is -1.18. The van der Waals surface area contributed by atoms with Crippen molar-refractivity contribution in [1.29, 1.82) is 0 Å². The van der Waals surface area contributed by atoms with E-state index in [0.29, 0.717) is 12.2 Å². The maximum atomic E-state index is 11.8. The van der Waals surface area contributed by atoms with E-state index in [4.69, 9.17) is 10.2 Å². The van der Waals surface area contributed by atoms with E-state index in [9.17, 15) is 9.59 Å². The molecule has 5 N–H and O–H groups in total. The van der Waals surface area contributed by atoms with Crippen LogP contribution in [-0.2, 0) is 11.3 Å². The van der Waals surface area contributed by atoms with Gasteiger partial charge in [0, 0.05) is 25.3 Å². The van der Waals surface area contributed by atoms with Gasteiger partial charge in [-0.1, -0.05) is 18.2 Å². The largest absolute Gasteiger partial charge is 0.480 e. The van der Waals surface area contributed by atoms with E-state index in [1.807, 2.05) is 12.1 Å². The Kier molecular flexibility index (Phi) is 6.48. The monoisotopic (exact) mass is 281 g/mol. The van der Waals surface area contributed by atoms with Crippen LogP contribution in [0.25, 0.3) is 0 Å². The summed E-state index contributed by atoms with van der Waals surface area (Å²) in [5.74, 6) is -1.18. The zero-order valence-corrected chi connectivity index (χ0v) is 11.2. The number of hydrogen-bond acceptors (Lipinski definition) is 4. The number of carbonyl (C=O) groups is 2. The molecule has 20 heavy (non-hydrogen) atoms. The lowest BCUT2D eigenvalue weighted by molar-refractivity contribution is -0.139. The second-order valence-corrected chi connectivity index (χ2v) is 4.19. The lowest BCUT2D eigenvalue weighted by Crippen LogP contribution is -2.43. The van der Waals surface area contributed by atoms with Gasteiger partial charge in [-0.3, -0.25) is 0 Å². The number of rotatable bonds is 7. The molecule has 7 nitrogen and oxygen atoms in total. The summed E-state index contributed by atoms with van der Waals surface area (Å²) >= 11 is 0. The molecule has 0 spiro atoms. The summed E-state index contributed by atoms with van der Waals surface area (Å²) in [5, 5.41) is 25.5. The summed E-state index contributed by atoms with van der Waals surface area (Å²) in [4.78, 5) is 22.7. The summed E-state index contributed by atoms with van der Waals surface area (Å²) in [6, 6.07) is 5.48. The standard InChI is InChI=1S/C13H19N3O4/c1-14-8-9-4-2-3-5-10(9)15-13(20)16-11(6-7-17)12(18)19/h2-5,11,14,17H,6-8H2,1H3,(H,18,19)(H2,15,16,20)/t11-/m1/s1. The predicted octanol–water partition coefficient (Wildman–Crippen LogP) is 0.363. The first-order chi connectivity index (χ1) is 9.58. The third-order valence-corrected chi connectivity index (χ3v) is 2.65. The van der Waals surface area contributed by atoms with Gasteiger partial charge in [-0.05, 0) is 18.7 Å². The fourth-order valence-corrected chi connectivity index (χ4v) is 1.69. The number of hydrogen-bond donors (Lipinski definition) is 5. The molecule has 0 aromatic heterocycles. The van der Waals surface area contributed by atoms with Crippen molar-refractivity contribution in [3.8, 4) is 0 Å².